The van der Waals surface area contributed by atoms with Crippen LogP contribution in [-0.4, -0.2) is 34.0 Å². The number of rotatable bonds is 2. The van der Waals surface area contributed by atoms with Gasteiger partial charge in [-0.25, -0.2) is 4.98 Å². The fourth-order valence-electron chi connectivity index (χ4n) is 2.21. The number of hydrogen-bond donors (Lipinski definition) is 1. The van der Waals surface area contributed by atoms with Gasteiger partial charge in [-0.2, -0.15) is 0 Å². The third kappa shape index (κ3) is 1.52. The molecular weight excluding hydrogens is 192 g/mol. The van der Waals surface area contributed by atoms with Crippen molar-refractivity contribution < 1.29 is 4.79 Å². The summed E-state index contributed by atoms with van der Waals surface area (Å²) in [5, 5.41) is 0. The number of amides is 1. The summed E-state index contributed by atoms with van der Waals surface area (Å²) in [5.74, 6) is 1.25. The standard InChI is InChI=1S/C10H16N4O/c1-13-4-3-12-10(13)9-7(6-11)5-8(15)14(9)2/h3-4,7,9H,5-6,11H2,1-2H3/t7-,9-/m1/s1. The number of likely N-dealkylation sites (tertiary alicyclic amines) is 1. The van der Waals surface area contributed by atoms with Gasteiger partial charge in [-0.1, -0.05) is 0 Å². The lowest BCUT2D eigenvalue weighted by Crippen LogP contribution is -2.28. The Balaban J connectivity index is 2.34. The van der Waals surface area contributed by atoms with Gasteiger partial charge in [-0.05, 0) is 6.54 Å². The lowest BCUT2D eigenvalue weighted by molar-refractivity contribution is -0.127. The lowest BCUT2D eigenvalue weighted by Gasteiger charge is -2.23. The largest absolute Gasteiger partial charge is 0.336 e. The van der Waals surface area contributed by atoms with E-state index in [9.17, 15) is 4.79 Å². The molecule has 5 nitrogen and oxygen atoms in total. The number of aryl methyl sites for hydroxylation is 1. The highest BCUT2D eigenvalue weighted by Crippen LogP contribution is 2.34. The van der Waals surface area contributed by atoms with Gasteiger partial charge in [0.2, 0.25) is 5.91 Å². The average Bonchev–Trinajstić information content (AvgIpc) is 2.73. The van der Waals surface area contributed by atoms with Crippen molar-refractivity contribution in [3.63, 3.8) is 0 Å². The highest BCUT2D eigenvalue weighted by molar-refractivity contribution is 5.79. The van der Waals surface area contributed by atoms with E-state index in [0.717, 1.165) is 5.82 Å². The van der Waals surface area contributed by atoms with Crippen LogP contribution >= 0.6 is 0 Å². The number of hydrogen-bond acceptors (Lipinski definition) is 3. The molecule has 5 heteroatoms. The topological polar surface area (TPSA) is 64.2 Å². The van der Waals surface area contributed by atoms with Crippen LogP contribution in [0, 0.1) is 5.92 Å². The molecule has 82 valence electrons. The van der Waals surface area contributed by atoms with Crippen LogP contribution in [0.3, 0.4) is 0 Å². The summed E-state index contributed by atoms with van der Waals surface area (Å²) in [5.41, 5.74) is 5.69. The molecule has 0 radical (unpaired) electrons. The maximum atomic E-state index is 11.6. The number of imidazole rings is 1. The molecule has 0 aliphatic carbocycles. The third-order valence-corrected chi connectivity index (χ3v) is 3.12. The lowest BCUT2D eigenvalue weighted by atomic mass is 10.00. The van der Waals surface area contributed by atoms with E-state index < -0.39 is 0 Å². The predicted molar refractivity (Wildman–Crippen MR) is 55.9 cm³/mol. The van der Waals surface area contributed by atoms with Crippen molar-refractivity contribution in [2.24, 2.45) is 18.7 Å². The van der Waals surface area contributed by atoms with E-state index in [1.54, 1.807) is 11.1 Å². The fourth-order valence-corrected chi connectivity index (χ4v) is 2.21. The SMILES string of the molecule is CN1C(=O)C[C@H](CN)[C@@H]1c1nccn1C. The van der Waals surface area contributed by atoms with Crippen LogP contribution < -0.4 is 5.73 Å². The monoisotopic (exact) mass is 208 g/mol. The van der Waals surface area contributed by atoms with Gasteiger partial charge in [0, 0.05) is 38.8 Å². The molecule has 2 atom stereocenters. The minimum atomic E-state index is 0.0301. The first-order valence-electron chi connectivity index (χ1n) is 5.08. The summed E-state index contributed by atoms with van der Waals surface area (Å²) in [4.78, 5) is 17.6. The van der Waals surface area contributed by atoms with Crippen LogP contribution in [0.4, 0.5) is 0 Å². The molecule has 2 rings (SSSR count). The Labute approximate surface area is 88.9 Å². The molecule has 2 N–H and O–H groups in total. The molecule has 1 saturated heterocycles. The summed E-state index contributed by atoms with van der Waals surface area (Å²) in [6.07, 6.45) is 4.17. The zero-order valence-corrected chi connectivity index (χ0v) is 9.05. The number of nitrogens with two attached hydrogens (primary N) is 1. The molecule has 0 aromatic carbocycles. The summed E-state index contributed by atoms with van der Waals surface area (Å²) in [6.45, 7) is 0.521. The first-order valence-corrected chi connectivity index (χ1v) is 5.08. The van der Waals surface area contributed by atoms with Crippen LogP contribution in [0.5, 0.6) is 0 Å². The molecule has 1 amide bonds. The molecule has 0 unspecified atom stereocenters. The number of aromatic nitrogens is 2. The van der Waals surface area contributed by atoms with E-state index in [1.165, 1.54) is 0 Å². The van der Waals surface area contributed by atoms with Crippen LogP contribution in [0.2, 0.25) is 0 Å². The number of carbonyl (C=O) groups is 1. The zero-order valence-electron chi connectivity index (χ0n) is 9.05. The Morgan fingerprint density at radius 2 is 2.33 bits per heavy atom. The van der Waals surface area contributed by atoms with Gasteiger partial charge < -0.3 is 15.2 Å². The van der Waals surface area contributed by atoms with Crippen molar-refractivity contribution in [3.05, 3.63) is 18.2 Å². The molecule has 0 spiro atoms. The maximum absolute atomic E-state index is 11.6. The van der Waals surface area contributed by atoms with E-state index in [-0.39, 0.29) is 17.9 Å². The Bertz CT molecular complexity index is 373. The molecular formula is C10H16N4O. The minimum Gasteiger partial charge on any atom is -0.336 e. The maximum Gasteiger partial charge on any atom is 0.223 e. The van der Waals surface area contributed by atoms with Crippen molar-refractivity contribution in [2.45, 2.75) is 12.5 Å². The molecule has 1 aliphatic heterocycles. The summed E-state index contributed by atoms with van der Waals surface area (Å²) < 4.78 is 1.95. The second kappa shape index (κ2) is 3.66. The van der Waals surface area contributed by atoms with Crippen LogP contribution in [-0.2, 0) is 11.8 Å². The van der Waals surface area contributed by atoms with E-state index in [0.29, 0.717) is 13.0 Å². The molecule has 0 bridgehead atoms. The summed E-state index contributed by atoms with van der Waals surface area (Å²) >= 11 is 0. The first-order chi connectivity index (χ1) is 7.15. The molecule has 1 aliphatic rings. The van der Waals surface area contributed by atoms with E-state index in [1.807, 2.05) is 24.9 Å². The Kier molecular flexibility index (Phi) is 2.48. The normalized spacial score (nSPS) is 26.3. The predicted octanol–water partition coefficient (Wildman–Crippen LogP) is -0.102. The van der Waals surface area contributed by atoms with Crippen LogP contribution in [0.25, 0.3) is 0 Å². The van der Waals surface area contributed by atoms with Gasteiger partial charge in [-0.3, -0.25) is 4.79 Å². The van der Waals surface area contributed by atoms with Crippen molar-refractivity contribution in [2.75, 3.05) is 13.6 Å². The van der Waals surface area contributed by atoms with Crippen LogP contribution in [0.1, 0.15) is 18.3 Å². The van der Waals surface area contributed by atoms with Gasteiger partial charge in [0.05, 0.1) is 6.04 Å². The molecule has 2 heterocycles. The number of nitrogens with zero attached hydrogens (tertiary/aromatic N) is 3. The van der Waals surface area contributed by atoms with Gasteiger partial charge >= 0.3 is 0 Å². The van der Waals surface area contributed by atoms with E-state index in [4.69, 9.17) is 5.73 Å². The first kappa shape index (κ1) is 10.2. The van der Waals surface area contributed by atoms with Crippen LogP contribution in [0.15, 0.2) is 12.4 Å². The van der Waals surface area contributed by atoms with Crippen molar-refractivity contribution in [3.8, 4) is 0 Å². The molecule has 15 heavy (non-hydrogen) atoms. The van der Waals surface area contributed by atoms with Gasteiger partial charge in [0.25, 0.3) is 0 Å². The van der Waals surface area contributed by atoms with E-state index in [2.05, 4.69) is 4.98 Å². The smallest absolute Gasteiger partial charge is 0.223 e. The van der Waals surface area contributed by atoms with Crippen molar-refractivity contribution in [1.29, 1.82) is 0 Å². The van der Waals surface area contributed by atoms with Gasteiger partial charge in [0.1, 0.15) is 5.82 Å². The van der Waals surface area contributed by atoms with E-state index >= 15 is 0 Å². The average molecular weight is 208 g/mol. The second-order valence-electron chi connectivity index (χ2n) is 4.05. The fraction of sp³-hybridized carbons (Fsp3) is 0.600. The quantitative estimate of drug-likeness (QED) is 0.738. The third-order valence-electron chi connectivity index (χ3n) is 3.12. The van der Waals surface area contributed by atoms with Gasteiger partial charge in [-0.15, -0.1) is 0 Å². The minimum absolute atomic E-state index is 0.0301. The highest BCUT2D eigenvalue weighted by Gasteiger charge is 2.39. The molecule has 1 fully saturated rings. The molecule has 0 saturated carbocycles. The highest BCUT2D eigenvalue weighted by atomic mass is 16.2. The van der Waals surface area contributed by atoms with Crippen molar-refractivity contribution >= 4 is 5.91 Å². The Hall–Kier alpha value is -1.36. The number of carbonyl (C=O) groups excluding carboxylic acids is 1. The summed E-state index contributed by atoms with van der Waals surface area (Å²) in [6, 6.07) is 0.0301. The Morgan fingerprint density at radius 3 is 2.87 bits per heavy atom. The second-order valence-corrected chi connectivity index (χ2v) is 4.05. The Morgan fingerprint density at radius 1 is 1.60 bits per heavy atom. The zero-order chi connectivity index (χ0) is 11.0. The molecule has 1 aromatic heterocycles. The van der Waals surface area contributed by atoms with Crippen molar-refractivity contribution in [1.82, 2.24) is 14.5 Å². The summed E-state index contributed by atoms with van der Waals surface area (Å²) in [7, 11) is 3.75. The molecule has 1 aromatic rings. The van der Waals surface area contributed by atoms with Gasteiger partial charge in [0.15, 0.2) is 0 Å².